The van der Waals surface area contributed by atoms with E-state index in [0.29, 0.717) is 15.7 Å². The number of carbonyl (C=O) groups excluding carboxylic acids is 2. The average Bonchev–Trinajstić information content (AvgIpc) is 3.49. The third kappa shape index (κ3) is 3.48. The zero-order chi connectivity index (χ0) is 25.4. The molecule has 37 heavy (non-hydrogen) atoms. The minimum Gasteiger partial charge on any atom is -0.274 e. The second kappa shape index (κ2) is 8.44. The Kier molecular flexibility index (Phi) is 5.25. The van der Waals surface area contributed by atoms with Crippen molar-refractivity contribution in [1.29, 1.82) is 0 Å². The minimum absolute atomic E-state index is 0.0285. The number of halogens is 2. The third-order valence-electron chi connectivity index (χ3n) is 8.86. The fourth-order valence-electron chi connectivity index (χ4n) is 7.49. The number of anilines is 1. The van der Waals surface area contributed by atoms with E-state index in [1.54, 1.807) is 0 Å². The van der Waals surface area contributed by atoms with Gasteiger partial charge < -0.3 is 0 Å². The van der Waals surface area contributed by atoms with Gasteiger partial charge in [-0.15, -0.1) is 0 Å². The Morgan fingerprint density at radius 3 is 1.65 bits per heavy atom. The summed E-state index contributed by atoms with van der Waals surface area (Å²) in [4.78, 5) is 28.9. The molecule has 4 aliphatic rings. The largest absolute Gasteiger partial charge is 0.274 e. The number of amides is 2. The number of allylic oxidation sites excluding steroid dienone is 2. The molecule has 7 rings (SSSR count). The van der Waals surface area contributed by atoms with Crippen LogP contribution >= 0.6 is 23.2 Å². The Labute approximate surface area is 226 Å². The molecule has 1 aliphatic heterocycles. The van der Waals surface area contributed by atoms with E-state index < -0.39 is 0 Å². The van der Waals surface area contributed by atoms with Gasteiger partial charge in [-0.05, 0) is 95.7 Å². The number of nitrogens with zero attached hydrogens (tertiary/aromatic N) is 1. The van der Waals surface area contributed by atoms with Gasteiger partial charge in [0.1, 0.15) is 0 Å². The van der Waals surface area contributed by atoms with Crippen LogP contribution in [0.25, 0.3) is 12.2 Å². The number of imide groups is 1. The van der Waals surface area contributed by atoms with Crippen molar-refractivity contribution in [3.63, 3.8) is 0 Å². The number of aryl methyl sites for hydroxylation is 1. The maximum atomic E-state index is 13.7. The highest BCUT2D eigenvalue weighted by molar-refractivity contribution is 6.31. The molecule has 3 aliphatic carbocycles. The second-order valence-electron chi connectivity index (χ2n) is 10.8. The van der Waals surface area contributed by atoms with Gasteiger partial charge in [-0.1, -0.05) is 77.3 Å². The summed E-state index contributed by atoms with van der Waals surface area (Å²) in [5, 5.41) is 1.40. The molecule has 0 spiro atoms. The van der Waals surface area contributed by atoms with Crippen molar-refractivity contribution in [2.45, 2.75) is 13.3 Å². The van der Waals surface area contributed by atoms with Crippen molar-refractivity contribution in [3.8, 4) is 0 Å². The first kappa shape index (κ1) is 23.0. The van der Waals surface area contributed by atoms with Crippen molar-refractivity contribution < 1.29 is 9.59 Å². The lowest BCUT2D eigenvalue weighted by Gasteiger charge is -2.48. The monoisotopic (exact) mass is 525 g/mol. The first-order valence-electron chi connectivity index (χ1n) is 12.8. The van der Waals surface area contributed by atoms with Crippen molar-refractivity contribution in [3.05, 3.63) is 111 Å². The average molecular weight is 526 g/mol. The van der Waals surface area contributed by atoms with E-state index in [4.69, 9.17) is 23.2 Å². The molecule has 6 atom stereocenters. The molecule has 0 unspecified atom stereocenters. The molecule has 3 saturated carbocycles. The highest BCUT2D eigenvalue weighted by Gasteiger charge is 2.71. The zero-order valence-corrected chi connectivity index (χ0v) is 21.8. The fraction of sp³-hybridized carbons (Fsp3) is 0.250. The van der Waals surface area contributed by atoms with Gasteiger partial charge in [-0.25, -0.2) is 0 Å². The van der Waals surface area contributed by atoms with Crippen LogP contribution in [-0.4, -0.2) is 11.8 Å². The van der Waals surface area contributed by atoms with Crippen molar-refractivity contribution in [1.82, 2.24) is 0 Å². The number of hydrogen-bond acceptors (Lipinski definition) is 2. The molecule has 2 bridgehead atoms. The summed E-state index contributed by atoms with van der Waals surface area (Å²) < 4.78 is 0. The normalized spacial score (nSPS) is 31.7. The molecule has 1 saturated heterocycles. The molecule has 184 valence electrons. The fourth-order valence-corrected chi connectivity index (χ4v) is 7.89. The Bertz CT molecular complexity index is 1430. The molecular weight excluding hydrogens is 501 g/mol. The van der Waals surface area contributed by atoms with Crippen LogP contribution in [0.5, 0.6) is 0 Å². The van der Waals surface area contributed by atoms with Crippen molar-refractivity contribution >= 4 is 52.9 Å². The van der Waals surface area contributed by atoms with E-state index >= 15 is 0 Å². The van der Waals surface area contributed by atoms with Crippen LogP contribution < -0.4 is 4.90 Å². The van der Waals surface area contributed by atoms with Crippen LogP contribution in [0.4, 0.5) is 5.69 Å². The summed E-state index contributed by atoms with van der Waals surface area (Å²) >= 11 is 12.6. The quantitative estimate of drug-likeness (QED) is 0.332. The van der Waals surface area contributed by atoms with Gasteiger partial charge in [0.15, 0.2) is 0 Å². The van der Waals surface area contributed by atoms with Gasteiger partial charge in [0, 0.05) is 10.0 Å². The maximum Gasteiger partial charge on any atom is 0.237 e. The number of rotatable bonds is 3. The Morgan fingerprint density at radius 1 is 0.703 bits per heavy atom. The number of carbonyl (C=O) groups is 2. The molecule has 2 amide bonds. The van der Waals surface area contributed by atoms with Crippen molar-refractivity contribution in [2.75, 3.05) is 4.90 Å². The minimum atomic E-state index is -0.240. The molecule has 0 radical (unpaired) electrons. The van der Waals surface area contributed by atoms with Crippen LogP contribution in [0.3, 0.4) is 0 Å². The topological polar surface area (TPSA) is 37.4 Å². The molecule has 3 aromatic rings. The zero-order valence-electron chi connectivity index (χ0n) is 20.3. The van der Waals surface area contributed by atoms with E-state index in [1.165, 1.54) is 16.0 Å². The molecule has 3 nitrogen and oxygen atoms in total. The van der Waals surface area contributed by atoms with Crippen molar-refractivity contribution in [2.24, 2.45) is 35.5 Å². The SMILES string of the molecule is Cc1ccc(N2C(=O)[C@@H]3[C@H]4C[C@@H]([C@@H]3C2=O)[C@@H]2C(=C\c3cccc(Cl)c3)/C(=C\c3cccc(Cl)c3)[C@H]42)cc1. The molecule has 1 heterocycles. The summed E-state index contributed by atoms with van der Waals surface area (Å²) in [5.41, 5.74) is 6.40. The third-order valence-corrected chi connectivity index (χ3v) is 9.33. The van der Waals surface area contributed by atoms with E-state index in [-0.39, 0.29) is 47.3 Å². The molecule has 5 heteroatoms. The second-order valence-corrected chi connectivity index (χ2v) is 11.7. The summed E-state index contributed by atoms with van der Waals surface area (Å²) in [7, 11) is 0. The first-order valence-corrected chi connectivity index (χ1v) is 13.6. The van der Waals surface area contributed by atoms with Crippen LogP contribution in [0.15, 0.2) is 83.9 Å². The lowest BCUT2D eigenvalue weighted by Crippen LogP contribution is -2.45. The van der Waals surface area contributed by atoms with Gasteiger partial charge in [0.2, 0.25) is 11.8 Å². The molecule has 4 fully saturated rings. The number of hydrogen-bond donors (Lipinski definition) is 0. The van der Waals surface area contributed by atoms with Gasteiger partial charge in [0.05, 0.1) is 17.5 Å². The highest BCUT2D eigenvalue weighted by atomic mass is 35.5. The standard InChI is InChI=1S/C32H25Cl2NO2/c1-17-8-10-22(11-9-17)35-31(36)29-25-16-26(30(29)32(35)37)28-24(15-19-5-3-7-21(34)13-19)23(27(25)28)14-18-4-2-6-20(33)12-18/h2-15,25-30H,16H2,1H3/b23-14-,24-15+/t25-,26+,27+,28-,29+,30-/m1/s1. The van der Waals surface area contributed by atoms with Gasteiger partial charge in [0.25, 0.3) is 0 Å². The maximum absolute atomic E-state index is 13.7. The van der Waals surface area contributed by atoms with E-state index in [9.17, 15) is 9.59 Å². The summed E-state index contributed by atoms with van der Waals surface area (Å²) in [6.07, 6.45) is 5.36. The number of fused-ring (bicyclic) bond motifs is 8. The first-order chi connectivity index (χ1) is 17.9. The van der Waals surface area contributed by atoms with Gasteiger partial charge in [-0.2, -0.15) is 0 Å². The molecule has 3 aromatic carbocycles. The summed E-state index contributed by atoms with van der Waals surface area (Å²) in [6, 6.07) is 23.4. The Hall–Kier alpha value is -3.14. The van der Waals surface area contributed by atoms with E-state index in [2.05, 4.69) is 24.3 Å². The predicted molar refractivity (Wildman–Crippen MR) is 148 cm³/mol. The van der Waals surface area contributed by atoms with Gasteiger partial charge in [-0.3, -0.25) is 14.5 Å². The molecule has 0 aromatic heterocycles. The Morgan fingerprint density at radius 2 is 1.19 bits per heavy atom. The highest BCUT2D eigenvalue weighted by Crippen LogP contribution is 2.71. The lowest BCUT2D eigenvalue weighted by atomic mass is 9.54. The lowest BCUT2D eigenvalue weighted by molar-refractivity contribution is -0.123. The van der Waals surface area contributed by atoms with Crippen LogP contribution in [-0.2, 0) is 9.59 Å². The number of benzene rings is 3. The summed E-state index contributed by atoms with van der Waals surface area (Å²) in [6.45, 7) is 2.01. The Balaban J connectivity index is 1.30. The van der Waals surface area contributed by atoms with E-state index in [0.717, 1.165) is 23.1 Å². The van der Waals surface area contributed by atoms with Crippen LogP contribution in [0.2, 0.25) is 10.0 Å². The molecule has 0 N–H and O–H groups in total. The predicted octanol–water partition coefficient (Wildman–Crippen LogP) is 7.47. The summed E-state index contributed by atoms with van der Waals surface area (Å²) in [5.74, 6) is 0.350. The van der Waals surface area contributed by atoms with E-state index in [1.807, 2.05) is 67.6 Å². The van der Waals surface area contributed by atoms with Gasteiger partial charge >= 0.3 is 0 Å². The smallest absolute Gasteiger partial charge is 0.237 e. The molecular formula is C32H25Cl2NO2. The van der Waals surface area contributed by atoms with Crippen LogP contribution in [0.1, 0.15) is 23.1 Å². The van der Waals surface area contributed by atoms with Crippen LogP contribution in [0, 0.1) is 42.4 Å².